The number of anilines is 1. The molecule has 0 atom stereocenters. The Bertz CT molecular complexity index is 795. The minimum absolute atomic E-state index is 0.00866. The molecule has 0 spiro atoms. The molecule has 1 N–H and O–H groups in total. The molecule has 9 nitrogen and oxygen atoms in total. The molecule has 0 aromatic carbocycles. The van der Waals surface area contributed by atoms with Crippen molar-refractivity contribution in [3.05, 3.63) is 29.7 Å². The van der Waals surface area contributed by atoms with Gasteiger partial charge in [0.2, 0.25) is 0 Å². The van der Waals surface area contributed by atoms with Gasteiger partial charge in [-0.2, -0.15) is 10.2 Å². The molecular weight excluding hydrogens is 286 g/mol. The second-order valence-corrected chi connectivity index (χ2v) is 4.72. The Hall–Kier alpha value is -2.97. The third-order valence-electron chi connectivity index (χ3n) is 3.18. The molecule has 0 saturated carbocycles. The highest BCUT2D eigenvalue weighted by atomic mass is 16.4. The monoisotopic (exact) mass is 301 g/mol. The number of aryl methyl sites for hydroxylation is 3. The van der Waals surface area contributed by atoms with E-state index in [0.29, 0.717) is 12.2 Å². The van der Waals surface area contributed by atoms with Crippen molar-refractivity contribution in [1.29, 1.82) is 0 Å². The summed E-state index contributed by atoms with van der Waals surface area (Å²) in [5.74, 6) is -0.155. The number of rotatable bonds is 4. The van der Waals surface area contributed by atoms with Gasteiger partial charge in [0.1, 0.15) is 5.69 Å². The summed E-state index contributed by atoms with van der Waals surface area (Å²) in [4.78, 5) is 12.0. The molecule has 3 aromatic rings. The number of hydrogen-bond donors (Lipinski definition) is 1. The zero-order valence-electron chi connectivity index (χ0n) is 12.4. The molecule has 0 saturated heterocycles. The Labute approximate surface area is 125 Å². The van der Waals surface area contributed by atoms with Crippen LogP contribution >= 0.6 is 0 Å². The van der Waals surface area contributed by atoms with Crippen LogP contribution in [0.25, 0.3) is 11.6 Å². The third kappa shape index (κ3) is 2.60. The van der Waals surface area contributed by atoms with Gasteiger partial charge in [-0.3, -0.25) is 19.5 Å². The second-order valence-electron chi connectivity index (χ2n) is 4.72. The number of hydrogen-bond acceptors (Lipinski definition) is 6. The van der Waals surface area contributed by atoms with Crippen molar-refractivity contribution in [2.45, 2.75) is 20.4 Å². The van der Waals surface area contributed by atoms with E-state index in [1.54, 1.807) is 21.6 Å². The van der Waals surface area contributed by atoms with Gasteiger partial charge in [-0.15, -0.1) is 5.10 Å². The molecule has 114 valence electrons. The van der Waals surface area contributed by atoms with E-state index < -0.39 is 5.91 Å². The van der Waals surface area contributed by atoms with E-state index in [0.717, 1.165) is 5.69 Å². The molecule has 3 rings (SSSR count). The third-order valence-corrected chi connectivity index (χ3v) is 3.18. The lowest BCUT2D eigenvalue weighted by molar-refractivity contribution is 0.101. The van der Waals surface area contributed by atoms with Crippen LogP contribution in [0.2, 0.25) is 0 Å². The van der Waals surface area contributed by atoms with Gasteiger partial charge in [0, 0.05) is 25.5 Å². The van der Waals surface area contributed by atoms with E-state index in [-0.39, 0.29) is 17.6 Å². The van der Waals surface area contributed by atoms with Crippen LogP contribution in [-0.4, -0.2) is 35.7 Å². The predicted molar refractivity (Wildman–Crippen MR) is 77.1 cm³/mol. The molecule has 3 heterocycles. The summed E-state index contributed by atoms with van der Waals surface area (Å²) in [6.07, 6.45) is 1.73. The Morgan fingerprint density at radius 3 is 2.82 bits per heavy atom. The van der Waals surface area contributed by atoms with Crippen LogP contribution in [0.3, 0.4) is 0 Å². The van der Waals surface area contributed by atoms with E-state index in [1.165, 1.54) is 0 Å². The number of carbonyl (C=O) groups is 1. The topological polar surface area (TPSA) is 104 Å². The van der Waals surface area contributed by atoms with Gasteiger partial charge < -0.3 is 4.42 Å². The molecular formula is C13H15N7O2. The SMILES string of the molecule is CCn1ccc(C(=O)Nc2nnc(-c3cc(C)n(C)n3)o2)n1. The van der Waals surface area contributed by atoms with E-state index >= 15 is 0 Å². The van der Waals surface area contributed by atoms with Crippen LogP contribution < -0.4 is 5.32 Å². The van der Waals surface area contributed by atoms with Gasteiger partial charge in [-0.05, 0) is 26.0 Å². The quantitative estimate of drug-likeness (QED) is 0.777. The Kier molecular flexibility index (Phi) is 3.45. The molecule has 1 amide bonds. The maximum Gasteiger partial charge on any atom is 0.322 e. The summed E-state index contributed by atoms with van der Waals surface area (Å²) in [6.45, 7) is 4.55. The van der Waals surface area contributed by atoms with Crippen molar-refractivity contribution in [2.24, 2.45) is 7.05 Å². The molecule has 0 bridgehead atoms. The number of aromatic nitrogens is 6. The average Bonchev–Trinajstić information content (AvgIpc) is 3.20. The van der Waals surface area contributed by atoms with Gasteiger partial charge in [-0.1, -0.05) is 5.10 Å². The molecule has 3 aromatic heterocycles. The molecule has 0 fully saturated rings. The summed E-state index contributed by atoms with van der Waals surface area (Å²) >= 11 is 0. The van der Waals surface area contributed by atoms with Crippen molar-refractivity contribution in [2.75, 3.05) is 5.32 Å². The fourth-order valence-electron chi connectivity index (χ4n) is 1.86. The largest absolute Gasteiger partial charge is 0.401 e. The maximum atomic E-state index is 12.0. The molecule has 0 aliphatic rings. The smallest absolute Gasteiger partial charge is 0.322 e. The van der Waals surface area contributed by atoms with Gasteiger partial charge in [0.15, 0.2) is 5.69 Å². The zero-order valence-corrected chi connectivity index (χ0v) is 12.4. The molecule has 22 heavy (non-hydrogen) atoms. The van der Waals surface area contributed by atoms with Crippen LogP contribution in [0.4, 0.5) is 6.01 Å². The van der Waals surface area contributed by atoms with Crippen LogP contribution in [0.15, 0.2) is 22.7 Å². The fourth-order valence-corrected chi connectivity index (χ4v) is 1.86. The second kappa shape index (κ2) is 5.43. The summed E-state index contributed by atoms with van der Waals surface area (Å²) in [6, 6.07) is 3.45. The molecule has 0 unspecified atom stereocenters. The van der Waals surface area contributed by atoms with Crippen LogP contribution in [-0.2, 0) is 13.6 Å². The van der Waals surface area contributed by atoms with Crippen molar-refractivity contribution in [1.82, 2.24) is 29.8 Å². The van der Waals surface area contributed by atoms with E-state index in [4.69, 9.17) is 4.42 Å². The molecule has 9 heteroatoms. The van der Waals surface area contributed by atoms with E-state index in [9.17, 15) is 4.79 Å². The lowest BCUT2D eigenvalue weighted by atomic mass is 10.4. The number of nitrogens with zero attached hydrogens (tertiary/aromatic N) is 6. The van der Waals surface area contributed by atoms with Gasteiger partial charge in [0.05, 0.1) is 0 Å². The first kappa shape index (κ1) is 14.0. The number of nitrogens with one attached hydrogen (secondary N) is 1. The number of amides is 1. The first-order valence-corrected chi connectivity index (χ1v) is 6.76. The predicted octanol–water partition coefficient (Wildman–Crippen LogP) is 1.25. The first-order chi connectivity index (χ1) is 10.6. The highest BCUT2D eigenvalue weighted by Gasteiger charge is 2.16. The fraction of sp³-hybridized carbons (Fsp3) is 0.308. The summed E-state index contributed by atoms with van der Waals surface area (Å²) < 4.78 is 8.76. The lowest BCUT2D eigenvalue weighted by Crippen LogP contribution is -2.13. The minimum Gasteiger partial charge on any atom is -0.401 e. The molecule has 0 aliphatic carbocycles. The van der Waals surface area contributed by atoms with Crippen molar-refractivity contribution < 1.29 is 9.21 Å². The van der Waals surface area contributed by atoms with Gasteiger partial charge in [-0.25, -0.2) is 0 Å². The van der Waals surface area contributed by atoms with Crippen LogP contribution in [0.1, 0.15) is 23.1 Å². The molecule has 0 aliphatic heterocycles. The van der Waals surface area contributed by atoms with Crippen molar-refractivity contribution in [3.8, 4) is 11.6 Å². The van der Waals surface area contributed by atoms with Gasteiger partial charge in [0.25, 0.3) is 11.8 Å². The van der Waals surface area contributed by atoms with Crippen molar-refractivity contribution >= 4 is 11.9 Å². The maximum absolute atomic E-state index is 12.0. The molecule has 0 radical (unpaired) electrons. The van der Waals surface area contributed by atoms with Crippen LogP contribution in [0, 0.1) is 6.92 Å². The van der Waals surface area contributed by atoms with Crippen LogP contribution in [0.5, 0.6) is 0 Å². The summed E-state index contributed by atoms with van der Waals surface area (Å²) in [5, 5.41) is 18.5. The van der Waals surface area contributed by atoms with Crippen molar-refractivity contribution in [3.63, 3.8) is 0 Å². The summed E-state index contributed by atoms with van der Waals surface area (Å²) in [7, 11) is 1.82. The first-order valence-electron chi connectivity index (χ1n) is 6.76. The Morgan fingerprint density at radius 1 is 1.36 bits per heavy atom. The highest BCUT2D eigenvalue weighted by Crippen LogP contribution is 2.19. The summed E-state index contributed by atoms with van der Waals surface area (Å²) in [5.41, 5.74) is 1.81. The Balaban J connectivity index is 1.75. The zero-order chi connectivity index (χ0) is 15.7. The van der Waals surface area contributed by atoms with Gasteiger partial charge >= 0.3 is 6.01 Å². The highest BCUT2D eigenvalue weighted by molar-refractivity contribution is 6.01. The standard InChI is InChI=1S/C13H15N7O2/c1-4-20-6-5-9(18-20)11(21)14-13-16-15-12(22-13)10-7-8(2)19(3)17-10/h5-7H,4H2,1-3H3,(H,14,16,21). The van der Waals surface area contributed by atoms with E-state index in [2.05, 4.69) is 25.7 Å². The van der Waals surface area contributed by atoms with E-state index in [1.807, 2.05) is 27.0 Å². The number of carbonyl (C=O) groups excluding carboxylic acids is 1. The lowest BCUT2D eigenvalue weighted by Gasteiger charge is -1.96. The normalized spacial score (nSPS) is 10.9. The average molecular weight is 301 g/mol. The minimum atomic E-state index is -0.403. The Morgan fingerprint density at radius 2 is 2.18 bits per heavy atom.